The van der Waals surface area contributed by atoms with Crippen molar-refractivity contribution in [1.29, 1.82) is 0 Å². The number of hydrogen-bond donors (Lipinski definition) is 1. The summed E-state index contributed by atoms with van der Waals surface area (Å²) in [6.07, 6.45) is 13.3. The standard InChI is InChI=1S/C7H11N.C2H6.C2H2/c1-3-5-7(4-2)6-8;2*1-2/h3-5H,1-2,6,8H2;1-2H3;1-2H/b7-5+;;. The molecule has 0 radical (unpaired) electrons. The SMILES string of the molecule is C#C.C=C/C=C(\C=C)CN.CC. The summed E-state index contributed by atoms with van der Waals surface area (Å²) in [6.45, 7) is 11.6. The van der Waals surface area contributed by atoms with E-state index in [1.807, 2.05) is 19.9 Å². The van der Waals surface area contributed by atoms with Crippen molar-refractivity contribution in [2.24, 2.45) is 5.73 Å². The number of nitrogens with two attached hydrogens (primary N) is 1. The fourth-order valence-corrected chi connectivity index (χ4v) is 0.371. The topological polar surface area (TPSA) is 26.0 Å². The molecule has 0 aliphatic heterocycles. The fourth-order valence-electron chi connectivity index (χ4n) is 0.371. The number of allylic oxidation sites excluding steroid dienone is 2. The Bertz CT molecular complexity index is 140. The van der Waals surface area contributed by atoms with E-state index in [1.54, 1.807) is 12.2 Å². The Hall–Kier alpha value is -1.26. The van der Waals surface area contributed by atoms with E-state index in [-0.39, 0.29) is 0 Å². The lowest BCUT2D eigenvalue weighted by molar-refractivity contribution is 1.19. The van der Waals surface area contributed by atoms with Crippen molar-refractivity contribution in [1.82, 2.24) is 0 Å². The van der Waals surface area contributed by atoms with E-state index in [4.69, 9.17) is 5.73 Å². The maximum absolute atomic E-state index is 5.28. The molecular formula is C11H19N. The summed E-state index contributed by atoms with van der Waals surface area (Å²) in [4.78, 5) is 0. The number of terminal acetylenes is 1. The zero-order valence-corrected chi connectivity index (χ0v) is 8.09. The highest BCUT2D eigenvalue weighted by Gasteiger charge is 1.79. The average molecular weight is 165 g/mol. The maximum Gasteiger partial charge on any atom is 0.0177 e. The highest BCUT2D eigenvalue weighted by Crippen LogP contribution is 1.90. The molecule has 0 fully saturated rings. The van der Waals surface area contributed by atoms with Crippen molar-refractivity contribution in [2.75, 3.05) is 6.54 Å². The average Bonchev–Trinajstić information content (AvgIpc) is 2.20. The summed E-state index contributed by atoms with van der Waals surface area (Å²) in [5.74, 6) is 0. The predicted octanol–water partition coefficient (Wildman–Crippen LogP) is 2.52. The molecule has 0 spiro atoms. The Morgan fingerprint density at radius 3 is 1.83 bits per heavy atom. The molecule has 0 saturated heterocycles. The summed E-state index contributed by atoms with van der Waals surface area (Å²) in [7, 11) is 0. The first-order valence-corrected chi connectivity index (χ1v) is 3.82. The maximum atomic E-state index is 5.28. The van der Waals surface area contributed by atoms with Crippen LogP contribution in [0.25, 0.3) is 0 Å². The lowest BCUT2D eigenvalue weighted by Gasteiger charge is -1.89. The number of hydrogen-bond acceptors (Lipinski definition) is 1. The summed E-state index contributed by atoms with van der Waals surface area (Å²) >= 11 is 0. The Morgan fingerprint density at radius 2 is 1.75 bits per heavy atom. The highest BCUT2D eigenvalue weighted by atomic mass is 14.5. The molecule has 0 aromatic rings. The van der Waals surface area contributed by atoms with Gasteiger partial charge in [0.25, 0.3) is 0 Å². The molecule has 0 unspecified atom stereocenters. The predicted molar refractivity (Wildman–Crippen MR) is 58.8 cm³/mol. The van der Waals surface area contributed by atoms with Gasteiger partial charge in [-0.1, -0.05) is 45.2 Å². The van der Waals surface area contributed by atoms with Crippen LogP contribution in [0.3, 0.4) is 0 Å². The number of rotatable bonds is 3. The van der Waals surface area contributed by atoms with Crippen molar-refractivity contribution in [3.63, 3.8) is 0 Å². The van der Waals surface area contributed by atoms with Crippen LogP contribution in [0, 0.1) is 12.8 Å². The molecular weight excluding hydrogens is 146 g/mol. The van der Waals surface area contributed by atoms with Gasteiger partial charge in [-0.25, -0.2) is 0 Å². The Labute approximate surface area is 76.7 Å². The van der Waals surface area contributed by atoms with Crippen LogP contribution in [0.5, 0.6) is 0 Å². The van der Waals surface area contributed by atoms with Crippen LogP contribution < -0.4 is 5.73 Å². The molecule has 2 N–H and O–H groups in total. The van der Waals surface area contributed by atoms with E-state index in [1.165, 1.54) is 0 Å². The van der Waals surface area contributed by atoms with Crippen molar-refractivity contribution < 1.29 is 0 Å². The lowest BCUT2D eigenvalue weighted by atomic mass is 10.2. The zero-order valence-electron chi connectivity index (χ0n) is 8.09. The third-order valence-corrected chi connectivity index (χ3v) is 0.830. The Kier molecular flexibility index (Phi) is 32.0. The van der Waals surface area contributed by atoms with Gasteiger partial charge >= 0.3 is 0 Å². The first-order chi connectivity index (χ1) is 5.85. The monoisotopic (exact) mass is 165 g/mol. The molecule has 0 rings (SSSR count). The van der Waals surface area contributed by atoms with Crippen LogP contribution in [0.2, 0.25) is 0 Å². The second-order valence-electron chi connectivity index (χ2n) is 1.39. The van der Waals surface area contributed by atoms with Crippen molar-refractivity contribution in [2.45, 2.75) is 13.8 Å². The quantitative estimate of drug-likeness (QED) is 0.504. The smallest absolute Gasteiger partial charge is 0.0177 e. The first-order valence-electron chi connectivity index (χ1n) is 3.82. The molecule has 1 nitrogen and oxygen atoms in total. The molecule has 0 aromatic heterocycles. The molecule has 0 bridgehead atoms. The van der Waals surface area contributed by atoms with Crippen LogP contribution in [0.4, 0.5) is 0 Å². The van der Waals surface area contributed by atoms with E-state index in [2.05, 4.69) is 26.0 Å². The third kappa shape index (κ3) is 15.9. The van der Waals surface area contributed by atoms with E-state index >= 15 is 0 Å². The normalized spacial score (nSPS) is 7.92. The van der Waals surface area contributed by atoms with Crippen LogP contribution in [0.15, 0.2) is 37.0 Å². The van der Waals surface area contributed by atoms with Gasteiger partial charge in [0.2, 0.25) is 0 Å². The highest BCUT2D eigenvalue weighted by molar-refractivity contribution is 5.21. The molecule has 0 aromatic carbocycles. The van der Waals surface area contributed by atoms with Gasteiger partial charge in [0, 0.05) is 6.54 Å². The van der Waals surface area contributed by atoms with Crippen LogP contribution in [0.1, 0.15) is 13.8 Å². The van der Waals surface area contributed by atoms with Gasteiger partial charge in [0.1, 0.15) is 0 Å². The van der Waals surface area contributed by atoms with E-state index < -0.39 is 0 Å². The molecule has 0 aliphatic carbocycles. The molecule has 12 heavy (non-hydrogen) atoms. The minimum atomic E-state index is 0.537. The molecule has 0 atom stereocenters. The second-order valence-corrected chi connectivity index (χ2v) is 1.39. The summed E-state index contributed by atoms with van der Waals surface area (Å²) < 4.78 is 0. The van der Waals surface area contributed by atoms with E-state index in [9.17, 15) is 0 Å². The Balaban J connectivity index is -0.000000175. The zero-order chi connectivity index (χ0) is 10.4. The van der Waals surface area contributed by atoms with Gasteiger partial charge in [-0.2, -0.15) is 0 Å². The van der Waals surface area contributed by atoms with Crippen molar-refractivity contribution >= 4 is 0 Å². The third-order valence-electron chi connectivity index (χ3n) is 0.830. The first kappa shape index (κ1) is 17.0. The van der Waals surface area contributed by atoms with Crippen LogP contribution >= 0.6 is 0 Å². The van der Waals surface area contributed by atoms with E-state index in [0.29, 0.717) is 6.54 Å². The second kappa shape index (κ2) is 22.6. The van der Waals surface area contributed by atoms with Gasteiger partial charge < -0.3 is 5.73 Å². The van der Waals surface area contributed by atoms with Crippen LogP contribution in [-0.2, 0) is 0 Å². The van der Waals surface area contributed by atoms with Gasteiger partial charge in [-0.3, -0.25) is 0 Å². The van der Waals surface area contributed by atoms with E-state index in [0.717, 1.165) is 5.57 Å². The van der Waals surface area contributed by atoms with Gasteiger partial charge in [-0.15, -0.1) is 12.8 Å². The molecule has 0 saturated carbocycles. The Morgan fingerprint density at radius 1 is 1.33 bits per heavy atom. The molecule has 0 heterocycles. The van der Waals surface area contributed by atoms with Gasteiger partial charge in [-0.05, 0) is 5.57 Å². The fraction of sp³-hybridized carbons (Fsp3) is 0.273. The van der Waals surface area contributed by atoms with Gasteiger partial charge in [0.05, 0.1) is 0 Å². The summed E-state index contributed by atoms with van der Waals surface area (Å²) in [5.41, 5.74) is 6.30. The molecule has 1 heteroatoms. The largest absolute Gasteiger partial charge is 0.326 e. The summed E-state index contributed by atoms with van der Waals surface area (Å²) in [5, 5.41) is 0. The minimum Gasteiger partial charge on any atom is -0.326 e. The minimum absolute atomic E-state index is 0.537. The van der Waals surface area contributed by atoms with Crippen molar-refractivity contribution in [3.8, 4) is 12.8 Å². The lowest BCUT2D eigenvalue weighted by Crippen LogP contribution is -1.99. The van der Waals surface area contributed by atoms with Gasteiger partial charge in [0.15, 0.2) is 0 Å². The van der Waals surface area contributed by atoms with Crippen molar-refractivity contribution in [3.05, 3.63) is 37.0 Å². The molecule has 68 valence electrons. The molecule has 0 amide bonds. The molecule has 0 aliphatic rings. The summed E-state index contributed by atoms with van der Waals surface area (Å²) in [6, 6.07) is 0. The van der Waals surface area contributed by atoms with Crippen LogP contribution in [-0.4, -0.2) is 6.54 Å².